The van der Waals surface area contributed by atoms with E-state index in [0.717, 1.165) is 41.7 Å². The average Bonchev–Trinajstić information content (AvgIpc) is 2.46. The van der Waals surface area contributed by atoms with Gasteiger partial charge in [0.25, 0.3) is 0 Å². The quantitative estimate of drug-likeness (QED) is 0.822. The second kappa shape index (κ2) is 6.03. The number of aryl methyl sites for hydroxylation is 1. The number of hydrogen-bond donors (Lipinski definition) is 1. The molecule has 1 aromatic carbocycles. The van der Waals surface area contributed by atoms with Crippen molar-refractivity contribution >= 4 is 11.4 Å². The van der Waals surface area contributed by atoms with Gasteiger partial charge in [-0.3, -0.25) is 4.79 Å². The Bertz CT molecular complexity index is 655. The number of aromatic hydroxyl groups is 1. The molecule has 1 heterocycles. The number of phenols is 1. The summed E-state index contributed by atoms with van der Waals surface area (Å²) in [5.74, 6) is 1.27. The molecule has 3 rings (SSSR count). The molecular formula is C20H26O3. The van der Waals surface area contributed by atoms with Gasteiger partial charge in [0.1, 0.15) is 17.1 Å². The van der Waals surface area contributed by atoms with Crippen molar-refractivity contribution in [2.75, 3.05) is 0 Å². The third kappa shape index (κ3) is 3.01. The number of benzene rings is 1. The van der Waals surface area contributed by atoms with Crippen molar-refractivity contribution < 1.29 is 14.6 Å². The van der Waals surface area contributed by atoms with Gasteiger partial charge in [0.05, 0.1) is 5.56 Å². The Hall–Kier alpha value is -1.77. The summed E-state index contributed by atoms with van der Waals surface area (Å²) in [5, 5.41) is 10.6. The highest BCUT2D eigenvalue weighted by Crippen LogP contribution is 2.51. The predicted molar refractivity (Wildman–Crippen MR) is 91.8 cm³/mol. The molecule has 1 aliphatic heterocycles. The van der Waals surface area contributed by atoms with Crippen LogP contribution in [0.15, 0.2) is 18.2 Å². The molecule has 3 heteroatoms. The smallest absolute Gasteiger partial charge is 0.156 e. The first-order valence-electron chi connectivity index (χ1n) is 8.72. The second-order valence-electron chi connectivity index (χ2n) is 7.31. The first-order valence-corrected chi connectivity index (χ1v) is 8.72. The third-order valence-corrected chi connectivity index (χ3v) is 5.08. The van der Waals surface area contributed by atoms with E-state index in [4.69, 9.17) is 4.74 Å². The molecule has 0 saturated heterocycles. The monoisotopic (exact) mass is 314 g/mol. The number of phenolic OH excluding ortho intramolecular Hbond substituents is 1. The number of carbonyl (C=O) groups is 1. The Kier molecular flexibility index (Phi) is 4.22. The Morgan fingerprint density at radius 2 is 2.09 bits per heavy atom. The standard InChI is InChI=1S/C20H26O3/c1-4-5-6-7-13-10-17(22)19-15-12-14(21)8-9-16(15)20(2,3)23-18(19)11-13/h10-12,16,22H,4-9H2,1-3H3/t16-/m1/s1. The molecule has 1 atom stereocenters. The van der Waals surface area contributed by atoms with Crippen LogP contribution in [0, 0.1) is 5.92 Å². The fourth-order valence-corrected chi connectivity index (χ4v) is 3.86. The highest BCUT2D eigenvalue weighted by Gasteiger charge is 2.43. The van der Waals surface area contributed by atoms with E-state index in [1.165, 1.54) is 12.8 Å². The summed E-state index contributed by atoms with van der Waals surface area (Å²) in [5.41, 5.74) is 2.42. The van der Waals surface area contributed by atoms with Crippen LogP contribution in [0.4, 0.5) is 0 Å². The minimum Gasteiger partial charge on any atom is -0.507 e. The molecule has 1 aliphatic carbocycles. The summed E-state index contributed by atoms with van der Waals surface area (Å²) in [6.45, 7) is 6.33. The van der Waals surface area contributed by atoms with E-state index in [2.05, 4.69) is 20.8 Å². The molecule has 0 saturated carbocycles. The zero-order valence-electron chi connectivity index (χ0n) is 14.3. The van der Waals surface area contributed by atoms with Crippen molar-refractivity contribution in [2.45, 2.75) is 64.9 Å². The van der Waals surface area contributed by atoms with Crippen molar-refractivity contribution in [1.29, 1.82) is 0 Å². The SMILES string of the molecule is CCCCCc1cc(O)c2c(c1)OC(C)(C)[C@@H]1CCC(=O)C=C21. The van der Waals surface area contributed by atoms with Crippen LogP contribution in [0.3, 0.4) is 0 Å². The predicted octanol–water partition coefficient (Wildman–Crippen LogP) is 4.66. The van der Waals surface area contributed by atoms with Gasteiger partial charge >= 0.3 is 0 Å². The van der Waals surface area contributed by atoms with Gasteiger partial charge in [-0.1, -0.05) is 19.8 Å². The lowest BCUT2D eigenvalue weighted by Gasteiger charge is -2.43. The number of carbonyl (C=O) groups excluding carboxylic acids is 1. The fourth-order valence-electron chi connectivity index (χ4n) is 3.86. The average molecular weight is 314 g/mol. The highest BCUT2D eigenvalue weighted by molar-refractivity contribution is 6.00. The molecule has 23 heavy (non-hydrogen) atoms. The molecule has 0 aromatic heterocycles. The minimum absolute atomic E-state index is 0.145. The van der Waals surface area contributed by atoms with Crippen LogP contribution >= 0.6 is 0 Å². The van der Waals surface area contributed by atoms with Crippen molar-refractivity contribution in [3.05, 3.63) is 29.3 Å². The third-order valence-electron chi connectivity index (χ3n) is 5.08. The van der Waals surface area contributed by atoms with Gasteiger partial charge in [0, 0.05) is 12.3 Å². The highest BCUT2D eigenvalue weighted by atomic mass is 16.5. The lowest BCUT2D eigenvalue weighted by atomic mass is 9.72. The molecule has 124 valence electrons. The molecular weight excluding hydrogens is 288 g/mol. The van der Waals surface area contributed by atoms with Gasteiger partial charge in [-0.05, 0) is 62.5 Å². The lowest BCUT2D eigenvalue weighted by Crippen LogP contribution is -2.43. The summed E-state index contributed by atoms with van der Waals surface area (Å²) in [4.78, 5) is 11.9. The summed E-state index contributed by atoms with van der Waals surface area (Å²) < 4.78 is 6.24. The van der Waals surface area contributed by atoms with E-state index in [9.17, 15) is 9.90 Å². The second-order valence-corrected chi connectivity index (χ2v) is 7.31. The number of allylic oxidation sites excluding steroid dienone is 1. The maximum absolute atomic E-state index is 11.9. The van der Waals surface area contributed by atoms with Gasteiger partial charge in [-0.25, -0.2) is 0 Å². The molecule has 0 amide bonds. The van der Waals surface area contributed by atoms with Crippen LogP contribution in [0.5, 0.6) is 11.5 Å². The molecule has 1 N–H and O–H groups in total. The molecule has 2 aliphatic rings. The van der Waals surface area contributed by atoms with Gasteiger partial charge in [-0.2, -0.15) is 0 Å². The number of unbranched alkanes of at least 4 members (excludes halogenated alkanes) is 2. The molecule has 3 nitrogen and oxygen atoms in total. The zero-order chi connectivity index (χ0) is 16.6. The first-order chi connectivity index (χ1) is 10.9. The van der Waals surface area contributed by atoms with Crippen molar-refractivity contribution in [2.24, 2.45) is 5.92 Å². The topological polar surface area (TPSA) is 46.5 Å². The normalized spacial score (nSPS) is 22.0. The van der Waals surface area contributed by atoms with Crippen LogP contribution in [-0.2, 0) is 11.2 Å². The van der Waals surface area contributed by atoms with E-state index in [-0.39, 0.29) is 23.1 Å². The van der Waals surface area contributed by atoms with E-state index < -0.39 is 0 Å². The number of rotatable bonds is 4. The summed E-state index contributed by atoms with van der Waals surface area (Å²) in [6, 6.07) is 3.88. The first kappa shape index (κ1) is 16.1. The summed E-state index contributed by atoms with van der Waals surface area (Å²) in [7, 11) is 0. The van der Waals surface area contributed by atoms with Crippen molar-refractivity contribution in [1.82, 2.24) is 0 Å². The van der Waals surface area contributed by atoms with Crippen molar-refractivity contribution in [3.8, 4) is 11.5 Å². The van der Waals surface area contributed by atoms with Gasteiger partial charge in [0.15, 0.2) is 5.78 Å². The van der Waals surface area contributed by atoms with Gasteiger partial charge < -0.3 is 9.84 Å². The molecule has 0 spiro atoms. The summed E-state index contributed by atoms with van der Waals surface area (Å²) in [6.07, 6.45) is 7.49. The maximum atomic E-state index is 11.9. The molecule has 1 aromatic rings. The number of ketones is 1. The largest absolute Gasteiger partial charge is 0.507 e. The molecule has 0 radical (unpaired) electrons. The van der Waals surface area contributed by atoms with Crippen LogP contribution in [0.25, 0.3) is 5.57 Å². The van der Waals surface area contributed by atoms with Crippen molar-refractivity contribution in [3.63, 3.8) is 0 Å². The van der Waals surface area contributed by atoms with Gasteiger partial charge in [-0.15, -0.1) is 0 Å². The fraction of sp³-hybridized carbons (Fsp3) is 0.550. The number of hydrogen-bond acceptors (Lipinski definition) is 3. The number of fused-ring (bicyclic) bond motifs is 3. The van der Waals surface area contributed by atoms with Crippen LogP contribution in [-0.4, -0.2) is 16.5 Å². The Morgan fingerprint density at radius 3 is 2.83 bits per heavy atom. The van der Waals surface area contributed by atoms with Crippen LogP contribution in [0.1, 0.15) is 64.0 Å². The Labute approximate surface area is 138 Å². The van der Waals surface area contributed by atoms with E-state index in [1.807, 2.05) is 12.1 Å². The molecule has 0 bridgehead atoms. The zero-order valence-corrected chi connectivity index (χ0v) is 14.3. The lowest BCUT2D eigenvalue weighted by molar-refractivity contribution is -0.115. The molecule has 0 fully saturated rings. The van der Waals surface area contributed by atoms with E-state index >= 15 is 0 Å². The maximum Gasteiger partial charge on any atom is 0.156 e. The Morgan fingerprint density at radius 1 is 1.30 bits per heavy atom. The van der Waals surface area contributed by atoms with E-state index in [0.29, 0.717) is 6.42 Å². The molecule has 0 unspecified atom stereocenters. The van der Waals surface area contributed by atoms with E-state index in [1.54, 1.807) is 6.08 Å². The minimum atomic E-state index is -0.353. The van der Waals surface area contributed by atoms with Crippen LogP contribution in [0.2, 0.25) is 0 Å². The summed E-state index contributed by atoms with van der Waals surface area (Å²) >= 11 is 0. The Balaban J connectivity index is 2.02. The van der Waals surface area contributed by atoms with Gasteiger partial charge in [0.2, 0.25) is 0 Å². The van der Waals surface area contributed by atoms with Crippen LogP contribution < -0.4 is 4.74 Å². The number of ether oxygens (including phenoxy) is 1.